The van der Waals surface area contributed by atoms with Gasteiger partial charge in [0.1, 0.15) is 0 Å². The van der Waals surface area contributed by atoms with Crippen LogP contribution >= 0.6 is 12.4 Å². The van der Waals surface area contributed by atoms with Gasteiger partial charge in [-0.25, -0.2) is 0 Å². The summed E-state index contributed by atoms with van der Waals surface area (Å²) in [6, 6.07) is 14.4. The normalized spacial score (nSPS) is 16.6. The van der Waals surface area contributed by atoms with Crippen LogP contribution in [0.15, 0.2) is 42.5 Å². The first-order valence-corrected chi connectivity index (χ1v) is 8.10. The lowest BCUT2D eigenvalue weighted by Crippen LogP contribution is -2.43. The minimum atomic E-state index is 0. The van der Waals surface area contributed by atoms with E-state index in [1.54, 1.807) is 0 Å². The Bertz CT molecular complexity index is 660. The number of amides is 1. The average molecular weight is 333 g/mol. The van der Waals surface area contributed by atoms with E-state index in [1.807, 2.05) is 24.3 Å². The lowest BCUT2D eigenvalue weighted by Gasteiger charge is -2.34. The number of piperidine rings is 1. The van der Waals surface area contributed by atoms with Crippen LogP contribution in [0.4, 0.5) is 0 Å². The van der Waals surface area contributed by atoms with Crippen LogP contribution in [0.25, 0.3) is 10.8 Å². The molecule has 3 rings (SSSR count). The molecule has 1 amide bonds. The van der Waals surface area contributed by atoms with E-state index in [2.05, 4.69) is 35.8 Å². The van der Waals surface area contributed by atoms with Crippen LogP contribution < -0.4 is 10.6 Å². The second-order valence-corrected chi connectivity index (χ2v) is 6.65. The quantitative estimate of drug-likeness (QED) is 0.902. The third-order valence-electron chi connectivity index (χ3n) is 4.75. The van der Waals surface area contributed by atoms with Crippen molar-refractivity contribution >= 4 is 29.1 Å². The number of carbonyl (C=O) groups is 1. The van der Waals surface area contributed by atoms with Crippen molar-refractivity contribution in [3.05, 3.63) is 48.0 Å². The molecule has 0 spiro atoms. The Kier molecular flexibility index (Phi) is 6.03. The minimum Gasteiger partial charge on any atom is -0.355 e. The second kappa shape index (κ2) is 7.80. The fourth-order valence-corrected chi connectivity index (χ4v) is 3.20. The summed E-state index contributed by atoms with van der Waals surface area (Å²) in [4.78, 5) is 12.3. The van der Waals surface area contributed by atoms with Crippen molar-refractivity contribution < 1.29 is 4.79 Å². The van der Waals surface area contributed by atoms with Crippen LogP contribution in [-0.2, 0) is 11.2 Å². The summed E-state index contributed by atoms with van der Waals surface area (Å²) < 4.78 is 0. The van der Waals surface area contributed by atoms with Crippen molar-refractivity contribution in [2.45, 2.75) is 26.2 Å². The summed E-state index contributed by atoms with van der Waals surface area (Å²) in [7, 11) is 0. The Morgan fingerprint density at radius 2 is 1.83 bits per heavy atom. The molecule has 1 aliphatic heterocycles. The van der Waals surface area contributed by atoms with Crippen LogP contribution in [0.5, 0.6) is 0 Å². The molecule has 0 aromatic heterocycles. The van der Waals surface area contributed by atoms with E-state index in [9.17, 15) is 4.79 Å². The van der Waals surface area contributed by atoms with E-state index in [4.69, 9.17) is 0 Å². The maximum Gasteiger partial charge on any atom is 0.224 e. The first-order valence-electron chi connectivity index (χ1n) is 8.10. The Labute approximate surface area is 144 Å². The van der Waals surface area contributed by atoms with Crippen LogP contribution in [0.2, 0.25) is 0 Å². The molecule has 0 radical (unpaired) electrons. The molecular weight excluding hydrogens is 308 g/mol. The van der Waals surface area contributed by atoms with Crippen molar-refractivity contribution in [3.63, 3.8) is 0 Å². The van der Waals surface area contributed by atoms with E-state index < -0.39 is 0 Å². The predicted octanol–water partition coefficient (Wildman–Crippen LogP) is 3.31. The maximum atomic E-state index is 12.3. The monoisotopic (exact) mass is 332 g/mol. The first kappa shape index (κ1) is 17.8. The zero-order valence-electron chi connectivity index (χ0n) is 13.6. The van der Waals surface area contributed by atoms with E-state index in [-0.39, 0.29) is 23.7 Å². The molecule has 2 N–H and O–H groups in total. The Morgan fingerprint density at radius 3 is 2.61 bits per heavy atom. The molecular formula is C19H25ClN2O. The first-order chi connectivity index (χ1) is 10.7. The Hall–Kier alpha value is -1.58. The molecule has 0 saturated carbocycles. The summed E-state index contributed by atoms with van der Waals surface area (Å²) in [5.41, 5.74) is 1.34. The zero-order chi connectivity index (χ0) is 15.4. The van der Waals surface area contributed by atoms with E-state index >= 15 is 0 Å². The number of rotatable bonds is 4. The smallest absolute Gasteiger partial charge is 0.224 e. The number of hydrogen-bond acceptors (Lipinski definition) is 2. The Morgan fingerprint density at radius 1 is 1.13 bits per heavy atom. The molecule has 0 unspecified atom stereocenters. The molecule has 3 nitrogen and oxygen atoms in total. The van der Waals surface area contributed by atoms with Crippen molar-refractivity contribution in [1.29, 1.82) is 0 Å². The van der Waals surface area contributed by atoms with E-state index in [1.165, 1.54) is 10.8 Å². The van der Waals surface area contributed by atoms with Gasteiger partial charge >= 0.3 is 0 Å². The second-order valence-electron chi connectivity index (χ2n) is 6.65. The van der Waals surface area contributed by atoms with Gasteiger partial charge in [0.05, 0.1) is 6.42 Å². The highest BCUT2D eigenvalue weighted by molar-refractivity contribution is 5.90. The van der Waals surface area contributed by atoms with Crippen molar-refractivity contribution in [3.8, 4) is 0 Å². The standard InChI is InChI=1S/C19H24N2O.ClH/c1-19(9-11-20-12-10-19)14-21-18(22)13-16-7-4-6-15-5-2-3-8-17(15)16;/h2-8,20H,9-14H2,1H3,(H,21,22);1H. The molecule has 23 heavy (non-hydrogen) atoms. The summed E-state index contributed by atoms with van der Waals surface area (Å²) in [5.74, 6) is 0.121. The predicted molar refractivity (Wildman–Crippen MR) is 98.1 cm³/mol. The highest BCUT2D eigenvalue weighted by Crippen LogP contribution is 2.26. The molecule has 1 saturated heterocycles. The van der Waals surface area contributed by atoms with Gasteiger partial charge in [-0.3, -0.25) is 4.79 Å². The highest BCUT2D eigenvalue weighted by Gasteiger charge is 2.26. The number of hydrogen-bond donors (Lipinski definition) is 2. The number of fused-ring (bicyclic) bond motifs is 1. The largest absolute Gasteiger partial charge is 0.355 e. The van der Waals surface area contributed by atoms with E-state index in [0.717, 1.165) is 38.0 Å². The van der Waals surface area contributed by atoms with Gasteiger partial charge in [-0.15, -0.1) is 12.4 Å². The van der Waals surface area contributed by atoms with Gasteiger partial charge in [-0.1, -0.05) is 49.4 Å². The molecule has 2 aromatic carbocycles. The van der Waals surface area contributed by atoms with Crippen molar-refractivity contribution in [2.75, 3.05) is 19.6 Å². The summed E-state index contributed by atoms with van der Waals surface area (Å²) in [5, 5.41) is 8.88. The third-order valence-corrected chi connectivity index (χ3v) is 4.75. The summed E-state index contributed by atoms with van der Waals surface area (Å²) in [6.07, 6.45) is 2.71. The molecule has 1 heterocycles. The lowest BCUT2D eigenvalue weighted by atomic mass is 9.81. The number of halogens is 1. The number of benzene rings is 2. The average Bonchev–Trinajstić information content (AvgIpc) is 2.54. The highest BCUT2D eigenvalue weighted by atomic mass is 35.5. The topological polar surface area (TPSA) is 41.1 Å². The third kappa shape index (κ3) is 4.46. The molecule has 0 bridgehead atoms. The van der Waals surface area contributed by atoms with E-state index in [0.29, 0.717) is 6.42 Å². The van der Waals surface area contributed by atoms with Gasteiger partial charge in [0.25, 0.3) is 0 Å². The van der Waals surface area contributed by atoms with Crippen LogP contribution in [0.3, 0.4) is 0 Å². The van der Waals surface area contributed by atoms with Crippen LogP contribution in [-0.4, -0.2) is 25.5 Å². The van der Waals surface area contributed by atoms with Crippen molar-refractivity contribution in [2.24, 2.45) is 5.41 Å². The molecule has 1 aliphatic rings. The molecule has 1 fully saturated rings. The fourth-order valence-electron chi connectivity index (χ4n) is 3.20. The Balaban J connectivity index is 0.00000192. The SMILES string of the molecule is CC1(CNC(=O)Cc2cccc3ccccc23)CCNCC1.Cl. The van der Waals surface area contributed by atoms with Gasteiger partial charge < -0.3 is 10.6 Å². The molecule has 2 aromatic rings. The van der Waals surface area contributed by atoms with Gasteiger partial charge in [0.15, 0.2) is 0 Å². The number of carbonyl (C=O) groups excluding carboxylic acids is 1. The number of nitrogens with one attached hydrogen (secondary N) is 2. The van der Waals surface area contributed by atoms with Gasteiger partial charge in [-0.2, -0.15) is 0 Å². The minimum absolute atomic E-state index is 0. The molecule has 0 aliphatic carbocycles. The molecule has 124 valence electrons. The van der Waals surface area contributed by atoms with Crippen molar-refractivity contribution in [1.82, 2.24) is 10.6 Å². The van der Waals surface area contributed by atoms with Gasteiger partial charge in [-0.05, 0) is 47.7 Å². The summed E-state index contributed by atoms with van der Waals surface area (Å²) in [6.45, 7) is 5.15. The van der Waals surface area contributed by atoms with Crippen LogP contribution in [0, 0.1) is 5.41 Å². The zero-order valence-corrected chi connectivity index (χ0v) is 14.4. The lowest BCUT2D eigenvalue weighted by molar-refractivity contribution is -0.121. The summed E-state index contributed by atoms with van der Waals surface area (Å²) >= 11 is 0. The molecule has 4 heteroatoms. The van der Waals surface area contributed by atoms with Gasteiger partial charge in [0.2, 0.25) is 5.91 Å². The van der Waals surface area contributed by atoms with Gasteiger partial charge in [0, 0.05) is 6.54 Å². The fraction of sp³-hybridized carbons (Fsp3) is 0.421. The van der Waals surface area contributed by atoms with Crippen LogP contribution in [0.1, 0.15) is 25.3 Å². The maximum absolute atomic E-state index is 12.3. The molecule has 0 atom stereocenters.